The van der Waals surface area contributed by atoms with Crippen LogP contribution in [0, 0.1) is 23.6 Å². The van der Waals surface area contributed by atoms with Crippen molar-refractivity contribution in [3.63, 3.8) is 0 Å². The molecule has 1 saturated carbocycles. The molecule has 0 unspecified atom stereocenters. The summed E-state index contributed by atoms with van der Waals surface area (Å²) in [7, 11) is 0. The van der Waals surface area contributed by atoms with Gasteiger partial charge in [-0.05, 0) is 91.1 Å². The normalized spacial score (nSPS) is 17.5. The maximum Gasteiger partial charge on any atom is 0.134 e. The van der Waals surface area contributed by atoms with E-state index in [0.29, 0.717) is 5.92 Å². The molecule has 1 fully saturated rings. The van der Waals surface area contributed by atoms with Gasteiger partial charge in [0.2, 0.25) is 0 Å². The highest BCUT2D eigenvalue weighted by Crippen LogP contribution is 2.40. The molecule has 0 spiro atoms. The van der Waals surface area contributed by atoms with Gasteiger partial charge in [-0.3, -0.25) is 0 Å². The molecule has 196 valence electrons. The zero-order chi connectivity index (χ0) is 25.9. The summed E-state index contributed by atoms with van der Waals surface area (Å²) in [4.78, 5) is 0. The Morgan fingerprint density at radius 3 is 2.14 bits per heavy atom. The molecule has 1 aliphatic carbocycles. The Morgan fingerprint density at radius 2 is 1.38 bits per heavy atom. The van der Waals surface area contributed by atoms with E-state index < -0.39 is 0 Å². The molecule has 1 heteroatoms. The maximum atomic E-state index is 15.6. The van der Waals surface area contributed by atoms with Crippen molar-refractivity contribution in [1.29, 1.82) is 0 Å². The molecule has 3 aromatic carbocycles. The lowest BCUT2D eigenvalue weighted by atomic mass is 9.76. The van der Waals surface area contributed by atoms with Crippen LogP contribution in [0.15, 0.2) is 54.6 Å². The molecular weight excluding hydrogens is 451 g/mol. The van der Waals surface area contributed by atoms with Gasteiger partial charge >= 0.3 is 0 Å². The number of benzene rings is 3. The van der Waals surface area contributed by atoms with Crippen LogP contribution in [0.5, 0.6) is 0 Å². The second kappa shape index (κ2) is 14.4. The minimum atomic E-state index is -0.0151. The van der Waals surface area contributed by atoms with E-state index in [1.807, 2.05) is 24.3 Å². The average Bonchev–Trinajstić information content (AvgIpc) is 2.93. The van der Waals surface area contributed by atoms with E-state index in [-0.39, 0.29) is 5.82 Å². The van der Waals surface area contributed by atoms with Crippen LogP contribution >= 0.6 is 0 Å². The van der Waals surface area contributed by atoms with Crippen molar-refractivity contribution >= 4 is 10.8 Å². The highest BCUT2D eigenvalue weighted by Gasteiger charge is 2.24. The first-order valence-electron chi connectivity index (χ1n) is 15.0. The van der Waals surface area contributed by atoms with Crippen molar-refractivity contribution in [2.75, 3.05) is 0 Å². The van der Waals surface area contributed by atoms with Crippen molar-refractivity contribution in [2.24, 2.45) is 5.92 Å². The van der Waals surface area contributed by atoms with Crippen molar-refractivity contribution in [2.45, 2.75) is 110 Å². The molecule has 37 heavy (non-hydrogen) atoms. The van der Waals surface area contributed by atoms with Gasteiger partial charge in [-0.25, -0.2) is 4.39 Å². The molecule has 3 aromatic rings. The summed E-state index contributed by atoms with van der Waals surface area (Å²) in [6.45, 7) is 4.51. The first-order valence-corrected chi connectivity index (χ1v) is 15.0. The summed E-state index contributed by atoms with van der Waals surface area (Å²) < 4.78 is 15.6. The summed E-state index contributed by atoms with van der Waals surface area (Å²) in [6, 6.07) is 18.7. The summed E-state index contributed by atoms with van der Waals surface area (Å²) >= 11 is 0. The molecule has 4 rings (SSSR count). The van der Waals surface area contributed by atoms with Gasteiger partial charge in [0.15, 0.2) is 0 Å². The molecule has 0 amide bonds. The van der Waals surface area contributed by atoms with Gasteiger partial charge in [-0.15, -0.1) is 0 Å². The number of aryl methyl sites for hydroxylation is 1. The van der Waals surface area contributed by atoms with Crippen molar-refractivity contribution < 1.29 is 4.39 Å². The lowest BCUT2D eigenvalue weighted by molar-refractivity contribution is 0.299. The lowest BCUT2D eigenvalue weighted by Crippen LogP contribution is -2.14. The first-order chi connectivity index (χ1) is 18.2. The predicted octanol–water partition coefficient (Wildman–Crippen LogP) is 10.7. The van der Waals surface area contributed by atoms with Crippen LogP contribution in [0.2, 0.25) is 0 Å². The van der Waals surface area contributed by atoms with Gasteiger partial charge in [0, 0.05) is 16.5 Å². The molecule has 0 aliphatic heterocycles. The highest BCUT2D eigenvalue weighted by atomic mass is 19.1. The molecule has 0 radical (unpaired) electrons. The monoisotopic (exact) mass is 496 g/mol. The van der Waals surface area contributed by atoms with E-state index in [1.165, 1.54) is 76.2 Å². The van der Waals surface area contributed by atoms with Gasteiger partial charge in [0.05, 0.1) is 0 Å². The Morgan fingerprint density at radius 1 is 0.703 bits per heavy atom. The molecule has 0 heterocycles. The van der Waals surface area contributed by atoms with Gasteiger partial charge in [0.1, 0.15) is 5.82 Å². The largest absolute Gasteiger partial charge is 0.206 e. The van der Waals surface area contributed by atoms with Crippen LogP contribution in [-0.4, -0.2) is 0 Å². The van der Waals surface area contributed by atoms with Crippen LogP contribution in [0.4, 0.5) is 4.39 Å². The fourth-order valence-electron chi connectivity index (χ4n) is 5.98. The molecule has 0 saturated heterocycles. The van der Waals surface area contributed by atoms with Crippen LogP contribution in [-0.2, 0) is 6.42 Å². The van der Waals surface area contributed by atoms with Crippen molar-refractivity contribution in [3.8, 4) is 11.8 Å². The first kappa shape index (κ1) is 27.4. The van der Waals surface area contributed by atoms with Gasteiger partial charge in [0.25, 0.3) is 0 Å². The second-order valence-corrected chi connectivity index (χ2v) is 11.2. The third-order valence-electron chi connectivity index (χ3n) is 8.36. The quantitative estimate of drug-likeness (QED) is 0.183. The molecule has 0 N–H and O–H groups in total. The Bertz CT molecular complexity index is 1170. The molecule has 1 aliphatic rings. The van der Waals surface area contributed by atoms with E-state index in [9.17, 15) is 0 Å². The van der Waals surface area contributed by atoms with Gasteiger partial charge < -0.3 is 0 Å². The van der Waals surface area contributed by atoms with E-state index >= 15 is 4.39 Å². The van der Waals surface area contributed by atoms with Crippen LogP contribution in [0.3, 0.4) is 0 Å². The number of halogens is 1. The lowest BCUT2D eigenvalue weighted by Gasteiger charge is -2.29. The number of hydrogen-bond acceptors (Lipinski definition) is 0. The Hall–Kier alpha value is -2.59. The van der Waals surface area contributed by atoms with Crippen LogP contribution in [0.1, 0.15) is 125 Å². The molecule has 0 nitrogen and oxygen atoms in total. The van der Waals surface area contributed by atoms with E-state index in [4.69, 9.17) is 0 Å². The second-order valence-electron chi connectivity index (χ2n) is 11.2. The van der Waals surface area contributed by atoms with Crippen molar-refractivity contribution in [1.82, 2.24) is 0 Å². The molecule has 0 aromatic heterocycles. The number of unbranched alkanes of at least 4 members (excludes halogenated alkanes) is 6. The topological polar surface area (TPSA) is 0 Å². The van der Waals surface area contributed by atoms with Crippen molar-refractivity contribution in [3.05, 3.63) is 82.7 Å². The fraction of sp³-hybridized carbons (Fsp3) is 0.500. The third-order valence-corrected chi connectivity index (χ3v) is 8.36. The number of fused-ring (bicyclic) bond motifs is 1. The Balaban J connectivity index is 1.35. The third kappa shape index (κ3) is 7.95. The van der Waals surface area contributed by atoms with E-state index in [2.05, 4.69) is 56.0 Å². The average molecular weight is 497 g/mol. The summed E-state index contributed by atoms with van der Waals surface area (Å²) in [6.07, 6.45) is 17.9. The summed E-state index contributed by atoms with van der Waals surface area (Å²) in [5, 5.41) is 1.68. The fourth-order valence-corrected chi connectivity index (χ4v) is 5.98. The Labute approximate surface area is 225 Å². The highest BCUT2D eigenvalue weighted by molar-refractivity contribution is 5.85. The van der Waals surface area contributed by atoms with E-state index in [1.54, 1.807) is 0 Å². The number of rotatable bonds is 11. The van der Waals surface area contributed by atoms with Crippen LogP contribution < -0.4 is 0 Å². The zero-order valence-electron chi connectivity index (χ0n) is 23.1. The number of hydrogen-bond donors (Lipinski definition) is 0. The summed E-state index contributed by atoms with van der Waals surface area (Å²) in [5.41, 5.74) is 4.27. The molecular formula is C36H45F. The predicted molar refractivity (Wildman–Crippen MR) is 158 cm³/mol. The zero-order valence-corrected chi connectivity index (χ0v) is 23.1. The SMILES string of the molecule is CCCCCCCC1CCC(c2ccc3cc(C#Cc4ccc(CCCCC)cc4)ccc3c2F)CC1. The van der Waals surface area contributed by atoms with Gasteiger partial charge in [-0.2, -0.15) is 0 Å². The molecule has 0 bridgehead atoms. The minimum absolute atomic E-state index is 0.0151. The summed E-state index contributed by atoms with van der Waals surface area (Å²) in [5.74, 6) is 7.76. The smallest absolute Gasteiger partial charge is 0.134 e. The van der Waals surface area contributed by atoms with Crippen LogP contribution in [0.25, 0.3) is 10.8 Å². The van der Waals surface area contributed by atoms with Gasteiger partial charge in [-0.1, -0.05) is 107 Å². The molecule has 0 atom stereocenters. The van der Waals surface area contributed by atoms with E-state index in [0.717, 1.165) is 52.6 Å². The minimum Gasteiger partial charge on any atom is -0.206 e. The Kier molecular flexibility index (Phi) is 10.7. The standard InChI is InChI=1S/C36H45F/c1-3-5-7-8-10-12-29-19-22-32(23-20-29)34-26-24-33-27-31(21-25-35(33)36(34)37)18-17-30-15-13-28(14-16-30)11-9-6-4-2/h13-16,21,24-27,29,32H,3-12,19-20,22-23H2,1-2H3. The maximum absolute atomic E-state index is 15.6.